The van der Waals surface area contributed by atoms with E-state index in [4.69, 9.17) is 9.25 Å². The van der Waals surface area contributed by atoms with E-state index in [1.165, 1.54) is 19.4 Å². The van der Waals surface area contributed by atoms with Crippen LogP contribution in [-0.4, -0.2) is 19.3 Å². The molecule has 0 aliphatic rings. The van der Waals surface area contributed by atoms with Crippen LogP contribution in [0.3, 0.4) is 0 Å². The van der Waals surface area contributed by atoms with Crippen molar-refractivity contribution >= 4 is 23.5 Å². The lowest BCUT2D eigenvalue weighted by Crippen LogP contribution is -2.03. The van der Waals surface area contributed by atoms with Gasteiger partial charge in [0.2, 0.25) is 0 Å². The maximum atomic E-state index is 11.3. The second kappa shape index (κ2) is 6.02. The van der Waals surface area contributed by atoms with Gasteiger partial charge in [-0.1, -0.05) is 11.2 Å². The van der Waals surface area contributed by atoms with Crippen LogP contribution in [0.4, 0.5) is 0 Å². The number of rotatable bonds is 5. The average molecular weight is 265 g/mol. The molecule has 0 bridgehead atoms. The van der Waals surface area contributed by atoms with E-state index in [1.54, 1.807) is 17.6 Å². The maximum absolute atomic E-state index is 11.3. The number of carbonyl (C=O) groups excluding carboxylic acids is 1. The number of thiophene rings is 1. The van der Waals surface area contributed by atoms with E-state index < -0.39 is 5.97 Å². The van der Waals surface area contributed by atoms with Crippen LogP contribution in [0.5, 0.6) is 0 Å². The quantitative estimate of drug-likeness (QED) is 0.473. The van der Waals surface area contributed by atoms with E-state index in [9.17, 15) is 4.79 Å². The molecule has 0 atom stereocenters. The van der Waals surface area contributed by atoms with Crippen LogP contribution in [0.15, 0.2) is 39.4 Å². The predicted molar refractivity (Wildman–Crippen MR) is 66.7 cm³/mol. The van der Waals surface area contributed by atoms with Gasteiger partial charge in [-0.3, -0.25) is 0 Å². The van der Waals surface area contributed by atoms with Crippen LogP contribution in [0.2, 0.25) is 0 Å². The van der Waals surface area contributed by atoms with Crippen LogP contribution in [-0.2, 0) is 16.2 Å². The molecule has 5 nitrogen and oxygen atoms in total. The predicted octanol–water partition coefficient (Wildman–Crippen LogP) is 2.68. The highest BCUT2D eigenvalue weighted by Gasteiger charge is 2.15. The van der Waals surface area contributed by atoms with Crippen molar-refractivity contribution in [3.8, 4) is 0 Å². The second-order valence-electron chi connectivity index (χ2n) is 3.27. The van der Waals surface area contributed by atoms with Crippen molar-refractivity contribution in [1.82, 2.24) is 0 Å². The number of hydrogen-bond donors (Lipinski definition) is 0. The molecular formula is C12H11NO4S. The average Bonchev–Trinajstić information content (AvgIpc) is 3.04. The van der Waals surface area contributed by atoms with Gasteiger partial charge in [-0.05, 0) is 17.5 Å². The molecule has 0 fully saturated rings. The smallest absolute Gasteiger partial charge is 0.341 e. The van der Waals surface area contributed by atoms with Gasteiger partial charge in [0.15, 0.2) is 12.4 Å². The first kappa shape index (κ1) is 12.4. The maximum Gasteiger partial charge on any atom is 0.341 e. The van der Waals surface area contributed by atoms with Crippen molar-refractivity contribution in [1.29, 1.82) is 0 Å². The summed E-state index contributed by atoms with van der Waals surface area (Å²) < 4.78 is 9.74. The van der Waals surface area contributed by atoms with Crippen molar-refractivity contribution in [2.75, 3.05) is 7.11 Å². The standard InChI is InChI=1S/C12H11NO4S/c1-15-12(14)10-4-5-16-11(10)8-17-13-7-9-3-2-6-18-9/h2-7H,8H2,1H3. The fourth-order valence-electron chi connectivity index (χ4n) is 1.29. The Kier molecular flexibility index (Phi) is 4.14. The van der Waals surface area contributed by atoms with Crippen molar-refractivity contribution in [3.63, 3.8) is 0 Å². The van der Waals surface area contributed by atoms with Gasteiger partial charge in [0.25, 0.3) is 0 Å². The van der Waals surface area contributed by atoms with Gasteiger partial charge in [-0.25, -0.2) is 4.79 Å². The lowest BCUT2D eigenvalue weighted by molar-refractivity contribution is 0.0587. The molecule has 6 heteroatoms. The molecule has 0 aliphatic carbocycles. The summed E-state index contributed by atoms with van der Waals surface area (Å²) in [6.07, 6.45) is 3.01. The highest BCUT2D eigenvalue weighted by Crippen LogP contribution is 2.13. The minimum absolute atomic E-state index is 0.0826. The molecule has 94 valence electrons. The topological polar surface area (TPSA) is 61.0 Å². The largest absolute Gasteiger partial charge is 0.465 e. The third-order valence-corrected chi connectivity index (χ3v) is 2.95. The summed E-state index contributed by atoms with van der Waals surface area (Å²) in [6, 6.07) is 5.38. The van der Waals surface area contributed by atoms with Crippen LogP contribution in [0.25, 0.3) is 0 Å². The molecule has 2 aromatic rings. The lowest BCUT2D eigenvalue weighted by Gasteiger charge is -1.99. The Hall–Kier alpha value is -2.08. The van der Waals surface area contributed by atoms with E-state index >= 15 is 0 Å². The number of nitrogens with zero attached hydrogens (tertiary/aromatic N) is 1. The molecule has 2 heterocycles. The Morgan fingerprint density at radius 2 is 2.44 bits per heavy atom. The van der Waals surface area contributed by atoms with E-state index in [-0.39, 0.29) is 6.61 Å². The summed E-state index contributed by atoms with van der Waals surface area (Å²) >= 11 is 1.56. The van der Waals surface area contributed by atoms with Crippen LogP contribution in [0, 0.1) is 0 Å². The monoisotopic (exact) mass is 265 g/mol. The molecule has 0 saturated carbocycles. The third-order valence-electron chi connectivity index (χ3n) is 2.14. The number of esters is 1. The summed E-state index contributed by atoms with van der Waals surface area (Å²) in [6.45, 7) is 0.0826. The molecule has 2 aromatic heterocycles. The van der Waals surface area contributed by atoms with Gasteiger partial charge in [-0.15, -0.1) is 11.3 Å². The summed E-state index contributed by atoms with van der Waals surface area (Å²) in [4.78, 5) is 17.4. The molecule has 0 amide bonds. The summed E-state index contributed by atoms with van der Waals surface area (Å²) in [7, 11) is 1.31. The van der Waals surface area contributed by atoms with E-state index in [0.29, 0.717) is 11.3 Å². The number of carbonyl (C=O) groups is 1. The minimum atomic E-state index is -0.454. The molecule has 0 radical (unpaired) electrons. The zero-order valence-electron chi connectivity index (χ0n) is 9.66. The molecular weight excluding hydrogens is 254 g/mol. The Morgan fingerprint density at radius 3 is 3.17 bits per heavy atom. The van der Waals surface area contributed by atoms with E-state index in [0.717, 1.165) is 4.88 Å². The van der Waals surface area contributed by atoms with Gasteiger partial charge < -0.3 is 14.0 Å². The summed E-state index contributed by atoms with van der Waals surface area (Å²) in [5, 5.41) is 5.74. The highest BCUT2D eigenvalue weighted by atomic mass is 32.1. The Morgan fingerprint density at radius 1 is 1.56 bits per heavy atom. The van der Waals surface area contributed by atoms with Gasteiger partial charge in [0.1, 0.15) is 5.56 Å². The molecule has 2 rings (SSSR count). The number of furan rings is 1. The fourth-order valence-corrected chi connectivity index (χ4v) is 1.87. The van der Waals surface area contributed by atoms with Crippen molar-refractivity contribution < 1.29 is 18.8 Å². The number of ether oxygens (including phenoxy) is 1. The van der Waals surface area contributed by atoms with Crippen LogP contribution >= 0.6 is 11.3 Å². The first-order valence-corrected chi connectivity index (χ1v) is 6.02. The summed E-state index contributed by atoms with van der Waals surface area (Å²) in [5.74, 6) is -0.0604. The van der Waals surface area contributed by atoms with Gasteiger partial charge in [-0.2, -0.15) is 0 Å². The Bertz CT molecular complexity index is 530. The second-order valence-corrected chi connectivity index (χ2v) is 4.25. The first-order chi connectivity index (χ1) is 8.81. The molecule has 18 heavy (non-hydrogen) atoms. The van der Waals surface area contributed by atoms with Crippen molar-refractivity contribution in [2.45, 2.75) is 6.61 Å². The molecule has 0 aliphatic heterocycles. The van der Waals surface area contributed by atoms with Crippen LogP contribution < -0.4 is 0 Å². The van der Waals surface area contributed by atoms with Gasteiger partial charge in [0, 0.05) is 4.88 Å². The lowest BCUT2D eigenvalue weighted by atomic mass is 10.2. The molecule has 0 spiro atoms. The van der Waals surface area contributed by atoms with Crippen molar-refractivity contribution in [2.24, 2.45) is 5.16 Å². The number of methoxy groups -OCH3 is 1. The van der Waals surface area contributed by atoms with E-state index in [2.05, 4.69) is 9.89 Å². The first-order valence-electron chi connectivity index (χ1n) is 5.15. The molecule has 0 N–H and O–H groups in total. The molecule has 0 unspecified atom stereocenters. The van der Waals surface area contributed by atoms with E-state index in [1.807, 2.05) is 17.5 Å². The SMILES string of the molecule is COC(=O)c1ccoc1CON=Cc1cccs1. The minimum Gasteiger partial charge on any atom is -0.465 e. The number of hydrogen-bond acceptors (Lipinski definition) is 6. The fraction of sp³-hybridized carbons (Fsp3) is 0.167. The zero-order chi connectivity index (χ0) is 12.8. The normalized spacial score (nSPS) is 10.7. The van der Waals surface area contributed by atoms with Gasteiger partial charge >= 0.3 is 5.97 Å². The molecule has 0 aromatic carbocycles. The Balaban J connectivity index is 1.91. The zero-order valence-corrected chi connectivity index (χ0v) is 10.5. The third kappa shape index (κ3) is 2.98. The van der Waals surface area contributed by atoms with Crippen molar-refractivity contribution in [3.05, 3.63) is 46.0 Å². The summed E-state index contributed by atoms with van der Waals surface area (Å²) in [5.41, 5.74) is 0.351. The van der Waals surface area contributed by atoms with Crippen LogP contribution in [0.1, 0.15) is 21.0 Å². The number of oxime groups is 1. The Labute approximate surface area is 108 Å². The molecule has 0 saturated heterocycles. The van der Waals surface area contributed by atoms with Gasteiger partial charge in [0.05, 0.1) is 19.6 Å². The highest BCUT2D eigenvalue weighted by molar-refractivity contribution is 7.11.